The first-order valence-electron chi connectivity index (χ1n) is 10.7. The summed E-state index contributed by atoms with van der Waals surface area (Å²) in [4.78, 5) is 32.1. The summed E-state index contributed by atoms with van der Waals surface area (Å²) in [5.41, 5.74) is 2.01. The third-order valence-electron chi connectivity index (χ3n) is 4.82. The quantitative estimate of drug-likeness (QED) is 0.239. The van der Waals surface area contributed by atoms with Crippen molar-refractivity contribution in [2.75, 3.05) is 42.0 Å². The van der Waals surface area contributed by atoms with Crippen LogP contribution in [-0.4, -0.2) is 60.8 Å². The number of pyridine rings is 2. The smallest absolute Gasteiger partial charge is 0.258 e. The number of nitrogens with zero attached hydrogens (tertiary/aromatic N) is 4. The predicted molar refractivity (Wildman–Crippen MR) is 146 cm³/mol. The van der Waals surface area contributed by atoms with Gasteiger partial charge in [-0.15, -0.1) is 0 Å². The maximum Gasteiger partial charge on any atom is 0.258 e. The molecule has 12 nitrogen and oxygen atoms in total. The predicted octanol–water partition coefficient (Wildman–Crippen LogP) is 3.22. The van der Waals surface area contributed by atoms with E-state index in [1.165, 1.54) is 48.5 Å². The van der Waals surface area contributed by atoms with Crippen LogP contribution in [0.5, 0.6) is 23.0 Å². The van der Waals surface area contributed by atoms with Crippen LogP contribution < -0.4 is 30.1 Å². The van der Waals surface area contributed by atoms with Gasteiger partial charge in [-0.3, -0.25) is 18.4 Å². The van der Waals surface area contributed by atoms with Crippen molar-refractivity contribution in [1.29, 1.82) is 0 Å². The minimum Gasteiger partial charge on any atom is -1.51 e. The summed E-state index contributed by atoms with van der Waals surface area (Å²) >= 11 is 0. The summed E-state index contributed by atoms with van der Waals surface area (Å²) in [5.74, 6) is 1.87. The number of hydrogen-bond acceptors (Lipinski definition) is 10. The number of fused-ring (bicyclic) bond motifs is 2. The van der Waals surface area contributed by atoms with Crippen LogP contribution >= 0.6 is 9.90 Å². The van der Waals surface area contributed by atoms with Crippen molar-refractivity contribution in [3.05, 3.63) is 68.8 Å². The van der Waals surface area contributed by atoms with E-state index in [9.17, 15) is 9.59 Å². The molecule has 4 aromatic rings. The molecule has 0 radical (unpaired) electrons. The molecule has 0 amide bonds. The Morgan fingerprint density at radius 3 is 1.53 bits per heavy atom. The summed E-state index contributed by atoms with van der Waals surface area (Å²) in [5, 5.41) is 0. The van der Waals surface area contributed by atoms with E-state index in [4.69, 9.17) is 28.4 Å². The highest BCUT2D eigenvalue weighted by atomic mass is 31.0. The van der Waals surface area contributed by atoms with E-state index < -0.39 is 0 Å². The highest BCUT2D eigenvalue weighted by molar-refractivity contribution is 6.92. The molecule has 0 saturated carbocycles. The highest BCUT2D eigenvalue weighted by Gasteiger charge is 2.11. The van der Waals surface area contributed by atoms with Crippen LogP contribution in [0.1, 0.15) is 18.8 Å². The summed E-state index contributed by atoms with van der Waals surface area (Å²) in [6.45, 7) is 3.64. The molecule has 0 fully saturated rings. The van der Waals surface area contributed by atoms with Crippen LogP contribution in [0.2, 0.25) is 0 Å². The zero-order valence-corrected chi connectivity index (χ0v) is 22.4. The number of hydrogen-bond donors (Lipinski definition) is 0. The minimum atomic E-state index is -0.187. The molecule has 4 rings (SSSR count). The van der Waals surface area contributed by atoms with Gasteiger partial charge >= 0.3 is 0 Å². The van der Waals surface area contributed by atoms with Crippen molar-refractivity contribution in [2.45, 2.75) is 21.3 Å². The van der Waals surface area contributed by atoms with Gasteiger partial charge in [0.2, 0.25) is 0 Å². The number of rotatable bonds is 8. The monoisotopic (exact) mass is 548 g/mol. The lowest BCUT2D eigenvalue weighted by molar-refractivity contribution is 0.0320. The van der Waals surface area contributed by atoms with Gasteiger partial charge in [-0.05, 0) is 13.8 Å². The first-order valence-corrected chi connectivity index (χ1v) is 10.7. The van der Waals surface area contributed by atoms with Gasteiger partial charge in [-0.1, -0.05) is 7.43 Å². The van der Waals surface area contributed by atoms with E-state index >= 15 is 0 Å². The Labute approximate surface area is 223 Å². The molecule has 4 heterocycles. The van der Waals surface area contributed by atoms with E-state index in [0.717, 1.165) is 0 Å². The van der Waals surface area contributed by atoms with Crippen LogP contribution in [0.15, 0.2) is 46.2 Å². The van der Waals surface area contributed by atoms with Crippen molar-refractivity contribution in [2.24, 2.45) is 0 Å². The second-order valence-electron chi connectivity index (χ2n) is 7.44. The zero-order chi connectivity index (χ0) is 26.2. The van der Waals surface area contributed by atoms with Crippen molar-refractivity contribution < 1.29 is 28.4 Å². The number of ether oxygens (including phenoxy) is 6. The molecular weight excluding hydrogens is 515 g/mol. The molecule has 0 bridgehead atoms. The van der Waals surface area contributed by atoms with E-state index in [2.05, 4.69) is 9.97 Å². The molecule has 4 aromatic heterocycles. The van der Waals surface area contributed by atoms with Crippen molar-refractivity contribution in [1.82, 2.24) is 18.8 Å². The second kappa shape index (κ2) is 14.9. The highest BCUT2D eigenvalue weighted by Crippen LogP contribution is 2.28. The van der Waals surface area contributed by atoms with Gasteiger partial charge in [0, 0.05) is 49.9 Å². The SMILES string of the molecule is C.COCOc1cc2nc(C)cc(=O)n2cc1OCOC.COc1cc2nc(C)cc(=O)n2cc1OC.[PH-2]. The van der Waals surface area contributed by atoms with Gasteiger partial charge in [0.25, 0.3) is 11.1 Å². The fourth-order valence-corrected chi connectivity index (χ4v) is 3.24. The average molecular weight is 549 g/mol. The topological polar surface area (TPSA) is 124 Å². The molecule has 0 atom stereocenters. The standard InChI is InChI=1S/C13H16N2O5.C11H12N2O3.CH4.HP/c1-9-4-13(16)15-6-11(20-8-18-3)10(19-7-17-2)5-12(15)14-9;1-7-4-11(14)13-6-9(16-3)8(15-2)5-10(13)12-7;;/h4-6H,7-8H2,1-3H3;4-6H,1-3H3;1H4;1H/q;;;-2. The lowest BCUT2D eigenvalue weighted by Crippen LogP contribution is -2.16. The number of aromatic nitrogens is 4. The average Bonchev–Trinajstić information content (AvgIpc) is 2.85. The van der Waals surface area contributed by atoms with Crippen LogP contribution in [0.25, 0.3) is 11.3 Å². The molecule has 0 N–H and O–H groups in total. The molecule has 0 aromatic carbocycles. The van der Waals surface area contributed by atoms with Gasteiger partial charge in [0.15, 0.2) is 36.6 Å². The Morgan fingerprint density at radius 2 is 1.08 bits per heavy atom. The molecule has 0 aliphatic heterocycles. The maximum atomic E-state index is 11.9. The Bertz CT molecular complexity index is 1470. The minimum absolute atomic E-state index is 0. The van der Waals surface area contributed by atoms with Crippen molar-refractivity contribution in [3.63, 3.8) is 0 Å². The Kier molecular flexibility index (Phi) is 12.6. The lowest BCUT2D eigenvalue weighted by atomic mass is 10.3. The lowest BCUT2D eigenvalue weighted by Gasteiger charge is -2.13. The molecule has 0 aliphatic rings. The fraction of sp³-hybridized carbons (Fsp3) is 0.360. The first-order chi connectivity index (χ1) is 17.3. The normalized spacial score (nSPS) is 10.1. The Balaban J connectivity index is 0.000000368. The number of methoxy groups -OCH3 is 4. The van der Waals surface area contributed by atoms with Gasteiger partial charge in [0.1, 0.15) is 11.3 Å². The molecular formula is C25H33N4O8P-2. The van der Waals surface area contributed by atoms with Crippen molar-refractivity contribution >= 4 is 21.2 Å². The fourth-order valence-electron chi connectivity index (χ4n) is 3.24. The molecule has 208 valence electrons. The zero-order valence-electron chi connectivity index (χ0n) is 21.4. The molecule has 0 aliphatic carbocycles. The molecule has 0 spiro atoms. The van der Waals surface area contributed by atoms with E-state index in [-0.39, 0.29) is 42.0 Å². The number of aryl methyl sites for hydroxylation is 2. The molecule has 13 heteroatoms. The largest absolute Gasteiger partial charge is 1.51 e. The molecule has 38 heavy (non-hydrogen) atoms. The van der Waals surface area contributed by atoms with E-state index in [0.29, 0.717) is 45.7 Å². The van der Waals surface area contributed by atoms with Crippen LogP contribution in [0.3, 0.4) is 0 Å². The van der Waals surface area contributed by atoms with Crippen molar-refractivity contribution in [3.8, 4) is 23.0 Å². The van der Waals surface area contributed by atoms with E-state index in [1.807, 2.05) is 0 Å². The van der Waals surface area contributed by atoms with Gasteiger partial charge in [0.05, 0.1) is 26.6 Å². The molecule has 0 unspecified atom stereocenters. The first kappa shape index (κ1) is 32.3. The van der Waals surface area contributed by atoms with Crippen LogP contribution in [-0.2, 0) is 9.47 Å². The van der Waals surface area contributed by atoms with Gasteiger partial charge in [-0.25, -0.2) is 9.97 Å². The summed E-state index contributed by atoms with van der Waals surface area (Å²) in [6, 6.07) is 6.22. The molecule has 0 saturated heterocycles. The Hall–Kier alpha value is -3.73. The maximum absolute atomic E-state index is 11.9. The van der Waals surface area contributed by atoms with Gasteiger partial charge in [-0.2, -0.15) is 0 Å². The summed E-state index contributed by atoms with van der Waals surface area (Å²) in [7, 11) is 6.09. The third kappa shape index (κ3) is 7.64. The van der Waals surface area contributed by atoms with E-state index in [1.54, 1.807) is 39.3 Å². The third-order valence-corrected chi connectivity index (χ3v) is 4.82. The van der Waals surface area contributed by atoms with Crippen LogP contribution in [0.4, 0.5) is 0 Å². The Morgan fingerprint density at radius 1 is 0.658 bits per heavy atom. The second-order valence-corrected chi connectivity index (χ2v) is 7.44. The van der Waals surface area contributed by atoms with Gasteiger partial charge < -0.3 is 38.3 Å². The summed E-state index contributed by atoms with van der Waals surface area (Å²) < 4.78 is 33.6. The summed E-state index contributed by atoms with van der Waals surface area (Å²) in [6.07, 6.45) is 3.09. The van der Waals surface area contributed by atoms with Crippen LogP contribution in [0, 0.1) is 13.8 Å².